The van der Waals surface area contributed by atoms with Crippen LogP contribution in [0.4, 0.5) is 16.4 Å². The number of piperazine rings is 1. The van der Waals surface area contributed by atoms with E-state index in [0.29, 0.717) is 23.9 Å². The second-order valence-corrected chi connectivity index (χ2v) is 13.7. The van der Waals surface area contributed by atoms with Crippen LogP contribution in [0.5, 0.6) is 0 Å². The van der Waals surface area contributed by atoms with Gasteiger partial charge in [-0.3, -0.25) is 9.59 Å². The van der Waals surface area contributed by atoms with Gasteiger partial charge in [0.25, 0.3) is 0 Å². The SMILES string of the molecule is CC(C)N(C[C@@H](C(=O)N1C2CCC1CN(c1ncnc3c1C1CC1C(=O)N3)C2)c1ccc(Cl)cc1)C(=O)OC(C)(C)C. The highest BCUT2D eigenvalue weighted by atomic mass is 35.5. The van der Waals surface area contributed by atoms with Gasteiger partial charge in [0.05, 0.1) is 5.92 Å². The first-order valence-corrected chi connectivity index (χ1v) is 15.3. The lowest BCUT2D eigenvalue weighted by Crippen LogP contribution is -2.58. The summed E-state index contributed by atoms with van der Waals surface area (Å²) in [4.78, 5) is 55.0. The minimum Gasteiger partial charge on any atom is -0.444 e. The number of aromatic nitrogens is 2. The molecule has 3 fully saturated rings. The van der Waals surface area contributed by atoms with Crippen molar-refractivity contribution in [3.05, 3.63) is 46.7 Å². The highest BCUT2D eigenvalue weighted by Gasteiger charge is 2.52. The van der Waals surface area contributed by atoms with Crippen molar-refractivity contribution < 1.29 is 19.1 Å². The van der Waals surface area contributed by atoms with Gasteiger partial charge in [0.15, 0.2) is 0 Å². The maximum atomic E-state index is 14.5. The van der Waals surface area contributed by atoms with E-state index in [-0.39, 0.29) is 48.3 Å². The molecule has 0 spiro atoms. The molecule has 224 valence electrons. The van der Waals surface area contributed by atoms with Gasteiger partial charge in [-0.2, -0.15) is 0 Å². The molecular formula is C31H39ClN6O4. The van der Waals surface area contributed by atoms with E-state index >= 15 is 0 Å². The Bertz CT molecular complexity index is 1380. The van der Waals surface area contributed by atoms with Crippen molar-refractivity contribution in [1.82, 2.24) is 19.8 Å². The molecular weight excluding hydrogens is 556 g/mol. The normalized spacial score (nSPS) is 25.0. The molecule has 2 saturated heterocycles. The molecule has 3 aliphatic heterocycles. The van der Waals surface area contributed by atoms with Gasteiger partial charge < -0.3 is 24.8 Å². The third-order valence-corrected chi connectivity index (χ3v) is 9.09. The quantitative estimate of drug-likeness (QED) is 0.512. The molecule has 2 bridgehead atoms. The van der Waals surface area contributed by atoms with Crippen LogP contribution in [0.15, 0.2) is 30.6 Å². The Morgan fingerprint density at radius 1 is 1.10 bits per heavy atom. The number of nitrogens with one attached hydrogen (secondary N) is 1. The third kappa shape index (κ3) is 5.41. The second kappa shape index (κ2) is 10.7. The molecule has 1 aromatic carbocycles. The lowest BCUT2D eigenvalue weighted by atomic mass is 9.95. The lowest BCUT2D eigenvalue weighted by Gasteiger charge is -2.44. The van der Waals surface area contributed by atoms with E-state index in [4.69, 9.17) is 16.3 Å². The van der Waals surface area contributed by atoms with Gasteiger partial charge in [-0.15, -0.1) is 0 Å². The zero-order chi connectivity index (χ0) is 29.9. The highest BCUT2D eigenvalue weighted by molar-refractivity contribution is 6.30. The fourth-order valence-corrected chi connectivity index (χ4v) is 6.87. The summed E-state index contributed by atoms with van der Waals surface area (Å²) in [7, 11) is 0. The van der Waals surface area contributed by atoms with Crippen LogP contribution in [0.1, 0.15) is 76.8 Å². The number of ether oxygens (including phenoxy) is 1. The van der Waals surface area contributed by atoms with Crippen molar-refractivity contribution in [2.75, 3.05) is 29.9 Å². The summed E-state index contributed by atoms with van der Waals surface area (Å²) in [5.41, 5.74) is 1.20. The Morgan fingerprint density at radius 2 is 1.76 bits per heavy atom. The maximum Gasteiger partial charge on any atom is 0.410 e. The topological polar surface area (TPSA) is 108 Å². The number of amides is 3. The molecule has 42 heavy (non-hydrogen) atoms. The van der Waals surface area contributed by atoms with Gasteiger partial charge in [-0.05, 0) is 71.6 Å². The molecule has 4 heterocycles. The van der Waals surface area contributed by atoms with Crippen LogP contribution in [0.25, 0.3) is 0 Å². The number of nitrogens with zero attached hydrogens (tertiary/aromatic N) is 5. The van der Waals surface area contributed by atoms with Crippen molar-refractivity contribution in [2.24, 2.45) is 5.92 Å². The van der Waals surface area contributed by atoms with E-state index in [1.54, 1.807) is 17.0 Å². The molecule has 4 unspecified atom stereocenters. The van der Waals surface area contributed by atoms with Crippen LogP contribution in [-0.4, -0.2) is 81.0 Å². The molecule has 10 nitrogen and oxygen atoms in total. The van der Waals surface area contributed by atoms with Gasteiger partial charge in [0, 0.05) is 60.2 Å². The van der Waals surface area contributed by atoms with Crippen LogP contribution in [0.2, 0.25) is 5.02 Å². The third-order valence-electron chi connectivity index (χ3n) is 8.84. The zero-order valence-corrected chi connectivity index (χ0v) is 25.6. The van der Waals surface area contributed by atoms with E-state index in [2.05, 4.69) is 25.1 Å². The molecule has 5 atom stereocenters. The Balaban J connectivity index is 1.26. The molecule has 1 aromatic heterocycles. The van der Waals surface area contributed by atoms with Gasteiger partial charge in [0.1, 0.15) is 23.6 Å². The molecule has 0 radical (unpaired) electrons. The average molecular weight is 595 g/mol. The summed E-state index contributed by atoms with van der Waals surface area (Å²) in [5, 5.41) is 3.54. The number of hydrogen-bond acceptors (Lipinski definition) is 7. The van der Waals surface area contributed by atoms with Gasteiger partial charge in [-0.25, -0.2) is 14.8 Å². The Morgan fingerprint density at radius 3 is 2.38 bits per heavy atom. The lowest BCUT2D eigenvalue weighted by molar-refractivity contribution is -0.136. The molecule has 6 rings (SSSR count). The number of benzene rings is 1. The van der Waals surface area contributed by atoms with Gasteiger partial charge in [0.2, 0.25) is 11.8 Å². The fourth-order valence-electron chi connectivity index (χ4n) is 6.74. The average Bonchev–Trinajstić information content (AvgIpc) is 3.68. The van der Waals surface area contributed by atoms with Gasteiger partial charge in [-0.1, -0.05) is 23.7 Å². The monoisotopic (exact) mass is 594 g/mol. The molecule has 1 N–H and O–H groups in total. The van der Waals surface area contributed by atoms with E-state index in [0.717, 1.165) is 36.2 Å². The minimum atomic E-state index is -0.650. The van der Waals surface area contributed by atoms with Crippen LogP contribution in [-0.2, 0) is 14.3 Å². The van der Waals surface area contributed by atoms with E-state index < -0.39 is 17.6 Å². The number of carbonyl (C=O) groups is 3. The summed E-state index contributed by atoms with van der Waals surface area (Å²) >= 11 is 6.21. The predicted octanol–water partition coefficient (Wildman–Crippen LogP) is 4.79. The molecule has 1 saturated carbocycles. The van der Waals surface area contributed by atoms with Crippen LogP contribution in [0.3, 0.4) is 0 Å². The van der Waals surface area contributed by atoms with Gasteiger partial charge >= 0.3 is 6.09 Å². The Hall–Kier alpha value is -3.40. The van der Waals surface area contributed by atoms with Crippen molar-refractivity contribution in [3.8, 4) is 0 Å². The van der Waals surface area contributed by atoms with Crippen LogP contribution < -0.4 is 10.2 Å². The maximum absolute atomic E-state index is 14.5. The molecule has 11 heteroatoms. The summed E-state index contributed by atoms with van der Waals surface area (Å²) in [6.07, 6.45) is 3.71. The first kappa shape index (κ1) is 28.7. The second-order valence-electron chi connectivity index (χ2n) is 13.3. The van der Waals surface area contributed by atoms with Crippen molar-refractivity contribution in [3.63, 3.8) is 0 Å². The summed E-state index contributed by atoms with van der Waals surface area (Å²) < 4.78 is 5.72. The first-order chi connectivity index (χ1) is 19.9. The van der Waals surface area contributed by atoms with Crippen LogP contribution in [0, 0.1) is 5.92 Å². The molecule has 1 aliphatic carbocycles. The number of halogens is 1. The number of anilines is 2. The van der Waals surface area contributed by atoms with E-state index in [9.17, 15) is 14.4 Å². The largest absolute Gasteiger partial charge is 0.444 e. The van der Waals surface area contributed by atoms with Crippen molar-refractivity contribution in [2.45, 2.75) is 89.4 Å². The zero-order valence-electron chi connectivity index (χ0n) is 24.8. The summed E-state index contributed by atoms with van der Waals surface area (Å²) in [5.74, 6) is 1.17. The van der Waals surface area contributed by atoms with Crippen molar-refractivity contribution >= 4 is 41.1 Å². The van der Waals surface area contributed by atoms with Crippen LogP contribution >= 0.6 is 11.6 Å². The highest BCUT2D eigenvalue weighted by Crippen LogP contribution is 2.55. The number of fused-ring (bicyclic) bond motifs is 5. The summed E-state index contributed by atoms with van der Waals surface area (Å²) in [6.45, 7) is 10.9. The molecule has 4 aliphatic rings. The standard InChI is InChI=1S/C31H39ClN6O4/c1-17(2)37(30(41)42-31(3,4)5)15-24(18-6-8-19(32)9-7-18)29(40)38-20-10-11-21(38)14-36(13-20)27-25-22-12-23(22)28(39)35-26(25)33-16-34-27/h6-9,16-17,20-24H,10-15H2,1-5H3,(H,33,34,35,39)/t20?,21?,22?,23?,24-/m1/s1. The molecule has 2 aromatic rings. The summed E-state index contributed by atoms with van der Waals surface area (Å²) in [6, 6.07) is 7.21. The van der Waals surface area contributed by atoms with E-state index in [1.807, 2.05) is 46.8 Å². The predicted molar refractivity (Wildman–Crippen MR) is 160 cm³/mol. The molecule has 3 amide bonds. The minimum absolute atomic E-state index is 0.0100. The smallest absolute Gasteiger partial charge is 0.410 e. The number of rotatable bonds is 6. The number of carbonyl (C=O) groups excluding carboxylic acids is 3. The van der Waals surface area contributed by atoms with E-state index in [1.165, 1.54) is 6.33 Å². The Kier molecular flexibility index (Phi) is 7.32. The first-order valence-electron chi connectivity index (χ1n) is 14.9. The Labute approximate surface area is 251 Å². The number of hydrogen-bond donors (Lipinski definition) is 1. The van der Waals surface area contributed by atoms with Crippen molar-refractivity contribution in [1.29, 1.82) is 0 Å². The fraction of sp³-hybridized carbons (Fsp3) is 0.581.